The van der Waals surface area contributed by atoms with Crippen LogP contribution in [0.5, 0.6) is 11.5 Å². The van der Waals surface area contributed by atoms with Crippen molar-refractivity contribution >= 4 is 50.1 Å². The molecule has 46 heavy (non-hydrogen) atoms. The molecule has 6 rings (SSSR count). The van der Waals surface area contributed by atoms with Gasteiger partial charge in [0.2, 0.25) is 0 Å². The van der Waals surface area contributed by atoms with E-state index in [0.29, 0.717) is 42.1 Å². The monoisotopic (exact) mass is 693 g/mol. The fourth-order valence-corrected chi connectivity index (χ4v) is 7.14. The summed E-state index contributed by atoms with van der Waals surface area (Å²) in [6, 6.07) is 25.8. The van der Waals surface area contributed by atoms with Crippen molar-refractivity contribution in [2.45, 2.75) is 26.5 Å². The number of hydrogen-bond donors (Lipinski definition) is 0. The molecule has 2 heterocycles. The molecule has 0 amide bonds. The minimum absolute atomic E-state index is 0.179. The van der Waals surface area contributed by atoms with Crippen LogP contribution in [0.15, 0.2) is 104 Å². The number of esters is 1. The van der Waals surface area contributed by atoms with E-state index in [2.05, 4.69) is 22.0 Å². The van der Waals surface area contributed by atoms with Crippen LogP contribution < -0.4 is 24.4 Å². The molecule has 0 unspecified atom stereocenters. The van der Waals surface area contributed by atoms with Crippen molar-refractivity contribution in [2.24, 2.45) is 4.99 Å². The maximum absolute atomic E-state index is 14.2. The molecule has 0 saturated carbocycles. The summed E-state index contributed by atoms with van der Waals surface area (Å²) < 4.78 is 20.0. The van der Waals surface area contributed by atoms with Crippen LogP contribution in [0.3, 0.4) is 0 Å². The number of halogens is 1. The smallest absolute Gasteiger partial charge is 0.338 e. The third-order valence-corrected chi connectivity index (χ3v) is 9.32. The first kappa shape index (κ1) is 31.0. The Morgan fingerprint density at radius 1 is 1.09 bits per heavy atom. The number of carbonyl (C=O) groups is 1. The Morgan fingerprint density at radius 3 is 2.61 bits per heavy atom. The highest BCUT2D eigenvalue weighted by atomic mass is 79.9. The van der Waals surface area contributed by atoms with E-state index in [1.807, 2.05) is 72.8 Å². The van der Waals surface area contributed by atoms with E-state index in [-0.39, 0.29) is 24.3 Å². The second-order valence-corrected chi connectivity index (χ2v) is 12.3. The van der Waals surface area contributed by atoms with Gasteiger partial charge in [0.15, 0.2) is 4.80 Å². The van der Waals surface area contributed by atoms with Crippen molar-refractivity contribution < 1.29 is 19.0 Å². The average Bonchev–Trinajstić information content (AvgIpc) is 3.36. The predicted molar refractivity (Wildman–Crippen MR) is 181 cm³/mol. The maximum atomic E-state index is 14.2. The van der Waals surface area contributed by atoms with Crippen LogP contribution in [0.4, 0.5) is 0 Å². The summed E-state index contributed by atoms with van der Waals surface area (Å²) in [6.45, 7) is 3.92. The Bertz CT molecular complexity index is 2260. The molecular formula is C36H28BrN3O5S. The lowest BCUT2D eigenvalue weighted by molar-refractivity contribution is -0.139. The summed E-state index contributed by atoms with van der Waals surface area (Å²) in [4.78, 5) is 32.9. The summed E-state index contributed by atoms with van der Waals surface area (Å²) in [5.74, 6) is 0.616. The molecule has 1 atom stereocenters. The van der Waals surface area contributed by atoms with E-state index in [1.165, 1.54) is 11.3 Å². The van der Waals surface area contributed by atoms with Crippen molar-refractivity contribution in [3.63, 3.8) is 0 Å². The van der Waals surface area contributed by atoms with Crippen LogP contribution in [0.25, 0.3) is 16.8 Å². The fourth-order valence-electron chi connectivity index (χ4n) is 5.59. The molecule has 0 radical (unpaired) electrons. The van der Waals surface area contributed by atoms with Gasteiger partial charge in [0, 0.05) is 11.1 Å². The molecule has 1 aliphatic rings. The Hall–Kier alpha value is -4.98. The zero-order chi connectivity index (χ0) is 32.4. The second-order valence-electron chi connectivity index (χ2n) is 10.5. The highest BCUT2D eigenvalue weighted by Crippen LogP contribution is 2.40. The van der Waals surface area contributed by atoms with Gasteiger partial charge in [0.1, 0.15) is 24.1 Å². The largest absolute Gasteiger partial charge is 0.496 e. The minimum Gasteiger partial charge on any atom is -0.496 e. The van der Waals surface area contributed by atoms with Gasteiger partial charge < -0.3 is 14.2 Å². The molecule has 230 valence electrons. The maximum Gasteiger partial charge on any atom is 0.338 e. The number of allylic oxidation sites excluding steroid dienone is 1. The predicted octanol–water partition coefficient (Wildman–Crippen LogP) is 6.17. The number of methoxy groups -OCH3 is 1. The average molecular weight is 695 g/mol. The Kier molecular flexibility index (Phi) is 8.88. The Morgan fingerprint density at radius 2 is 1.85 bits per heavy atom. The highest BCUT2D eigenvalue weighted by molar-refractivity contribution is 9.10. The van der Waals surface area contributed by atoms with Crippen LogP contribution in [-0.2, 0) is 16.1 Å². The van der Waals surface area contributed by atoms with Gasteiger partial charge in [-0.05, 0) is 76.5 Å². The van der Waals surface area contributed by atoms with E-state index in [1.54, 1.807) is 37.7 Å². The molecular weight excluding hydrogens is 666 g/mol. The van der Waals surface area contributed by atoms with Crippen molar-refractivity contribution in [1.82, 2.24) is 4.57 Å². The molecule has 0 spiro atoms. The zero-order valence-electron chi connectivity index (χ0n) is 25.2. The number of benzene rings is 4. The van der Waals surface area contributed by atoms with Gasteiger partial charge in [0.25, 0.3) is 5.56 Å². The van der Waals surface area contributed by atoms with Crippen molar-refractivity contribution in [2.75, 3.05) is 13.7 Å². The number of ether oxygens (including phenoxy) is 3. The number of aromatic nitrogens is 1. The van der Waals surface area contributed by atoms with Gasteiger partial charge in [-0.25, -0.2) is 9.79 Å². The normalized spacial score (nSPS) is 14.4. The summed E-state index contributed by atoms with van der Waals surface area (Å²) in [7, 11) is 1.57. The van der Waals surface area contributed by atoms with E-state index in [4.69, 9.17) is 19.2 Å². The molecule has 10 heteroatoms. The zero-order valence-corrected chi connectivity index (χ0v) is 27.6. The first-order valence-electron chi connectivity index (χ1n) is 14.5. The third-order valence-electron chi connectivity index (χ3n) is 7.72. The van der Waals surface area contributed by atoms with Crippen molar-refractivity contribution in [3.8, 4) is 17.6 Å². The molecule has 5 aromatic rings. The lowest BCUT2D eigenvalue weighted by atomic mass is 9.90. The lowest BCUT2D eigenvalue weighted by Gasteiger charge is -2.27. The van der Waals surface area contributed by atoms with Gasteiger partial charge in [-0.1, -0.05) is 65.9 Å². The van der Waals surface area contributed by atoms with Crippen LogP contribution in [-0.4, -0.2) is 24.3 Å². The lowest BCUT2D eigenvalue weighted by Crippen LogP contribution is -2.40. The van der Waals surface area contributed by atoms with E-state index < -0.39 is 12.0 Å². The number of rotatable bonds is 8. The summed E-state index contributed by atoms with van der Waals surface area (Å²) in [5, 5.41) is 11.2. The summed E-state index contributed by atoms with van der Waals surface area (Å²) >= 11 is 4.84. The summed E-state index contributed by atoms with van der Waals surface area (Å²) in [6.07, 6.45) is 1.80. The Labute approximate surface area is 277 Å². The number of hydrogen-bond acceptors (Lipinski definition) is 8. The first-order valence-corrected chi connectivity index (χ1v) is 16.1. The molecule has 0 saturated heterocycles. The van der Waals surface area contributed by atoms with E-state index in [9.17, 15) is 14.9 Å². The molecule has 0 fully saturated rings. The Balaban J connectivity index is 1.45. The van der Waals surface area contributed by atoms with Crippen LogP contribution >= 0.6 is 27.3 Å². The number of carbonyl (C=O) groups excluding carboxylic acids is 1. The molecule has 0 aliphatic carbocycles. The molecule has 4 aromatic carbocycles. The van der Waals surface area contributed by atoms with Gasteiger partial charge in [0.05, 0.1) is 45.6 Å². The number of nitrogens with zero attached hydrogens (tertiary/aromatic N) is 3. The minimum atomic E-state index is -0.822. The van der Waals surface area contributed by atoms with Gasteiger partial charge >= 0.3 is 5.97 Å². The number of fused-ring (bicyclic) bond motifs is 2. The number of nitriles is 1. The molecule has 0 N–H and O–H groups in total. The van der Waals surface area contributed by atoms with E-state index >= 15 is 0 Å². The van der Waals surface area contributed by atoms with Gasteiger partial charge in [-0.3, -0.25) is 9.36 Å². The van der Waals surface area contributed by atoms with Gasteiger partial charge in [-0.15, -0.1) is 0 Å². The molecule has 8 nitrogen and oxygen atoms in total. The SMILES string of the molecule is CCOC(=O)C1=C(C)N=c2s/c(=C/c3ccc(OCc4ccccc4C#N)c(Br)c3)c(=O)n2[C@@H]1c1c(OC)ccc2ccccc12. The quantitative estimate of drug-likeness (QED) is 0.180. The van der Waals surface area contributed by atoms with Crippen LogP contribution in [0.1, 0.15) is 42.1 Å². The highest BCUT2D eigenvalue weighted by Gasteiger charge is 2.36. The van der Waals surface area contributed by atoms with Crippen LogP contribution in [0, 0.1) is 11.3 Å². The fraction of sp³-hybridized carbons (Fsp3) is 0.167. The molecule has 0 bridgehead atoms. The van der Waals surface area contributed by atoms with Gasteiger partial charge in [-0.2, -0.15) is 5.26 Å². The standard InChI is InChI=1S/C36H28BrN3O5S/c1-4-44-35(42)31-21(2)39-36-40(33(31)32-26-12-8-7-9-23(26)14-16-29(32)43-3)34(41)30(46-36)18-22-13-15-28(27(37)17-22)45-20-25-11-6-5-10-24(25)19-38/h5-18,33H,4,20H2,1-3H3/b30-18+/t33-/m0/s1. The second kappa shape index (κ2) is 13.2. The number of thiazole rings is 1. The van der Waals surface area contributed by atoms with Crippen molar-refractivity contribution in [3.05, 3.63) is 137 Å². The molecule has 1 aliphatic heterocycles. The third kappa shape index (κ3) is 5.75. The van der Waals surface area contributed by atoms with Crippen molar-refractivity contribution in [1.29, 1.82) is 5.26 Å². The van der Waals surface area contributed by atoms with Crippen LogP contribution in [0.2, 0.25) is 0 Å². The summed E-state index contributed by atoms with van der Waals surface area (Å²) in [5.41, 5.74) is 3.28. The molecule has 1 aromatic heterocycles. The van der Waals surface area contributed by atoms with E-state index in [0.717, 1.165) is 21.9 Å². The topological polar surface area (TPSA) is 103 Å². The first-order chi connectivity index (χ1) is 22.3.